The molecule has 1 atom stereocenters. The zero-order valence-corrected chi connectivity index (χ0v) is 11.2. The molecule has 2 nitrogen and oxygen atoms in total. The van der Waals surface area contributed by atoms with E-state index in [-0.39, 0.29) is 12.0 Å². The highest BCUT2D eigenvalue weighted by Crippen LogP contribution is 2.15. The van der Waals surface area contributed by atoms with Gasteiger partial charge in [-0.1, -0.05) is 33.6 Å². The SMILES string of the molecule is CCCCC(C(=O)C(C)C)N(C)C(C)C. The Morgan fingerprint density at radius 2 is 1.73 bits per heavy atom. The second kappa shape index (κ2) is 7.00. The number of Topliss-reactive ketones (excluding diaryl/α,β-unsaturated/α-hetero) is 1. The van der Waals surface area contributed by atoms with Gasteiger partial charge in [0.15, 0.2) is 5.78 Å². The number of hydrogen-bond donors (Lipinski definition) is 0. The summed E-state index contributed by atoms with van der Waals surface area (Å²) in [5.74, 6) is 0.535. The zero-order valence-electron chi connectivity index (χ0n) is 11.2. The number of carbonyl (C=O) groups excluding carboxylic acids is 1. The van der Waals surface area contributed by atoms with Crippen LogP contribution < -0.4 is 0 Å². The maximum Gasteiger partial charge on any atom is 0.152 e. The molecule has 0 aromatic rings. The van der Waals surface area contributed by atoms with Gasteiger partial charge in [-0.05, 0) is 27.3 Å². The zero-order chi connectivity index (χ0) is 12.0. The topological polar surface area (TPSA) is 20.3 Å². The average molecular weight is 213 g/mol. The van der Waals surface area contributed by atoms with Gasteiger partial charge >= 0.3 is 0 Å². The second-order valence-corrected chi connectivity index (χ2v) is 4.97. The lowest BCUT2D eigenvalue weighted by Gasteiger charge is -2.31. The molecule has 0 amide bonds. The van der Waals surface area contributed by atoms with Gasteiger partial charge in [0.2, 0.25) is 0 Å². The summed E-state index contributed by atoms with van der Waals surface area (Å²) in [7, 11) is 2.06. The van der Waals surface area contributed by atoms with Crippen LogP contribution in [0.5, 0.6) is 0 Å². The predicted molar refractivity (Wildman–Crippen MR) is 66.1 cm³/mol. The Hall–Kier alpha value is -0.370. The summed E-state index contributed by atoms with van der Waals surface area (Å²) in [6.45, 7) is 10.5. The molecule has 0 fully saturated rings. The van der Waals surface area contributed by atoms with Gasteiger partial charge in [-0.3, -0.25) is 9.69 Å². The molecule has 0 radical (unpaired) electrons. The molecule has 0 heterocycles. The van der Waals surface area contributed by atoms with Crippen LogP contribution in [0.4, 0.5) is 0 Å². The number of likely N-dealkylation sites (N-methyl/N-ethyl adjacent to an activating group) is 1. The van der Waals surface area contributed by atoms with E-state index in [0.717, 1.165) is 19.3 Å². The molecule has 0 N–H and O–H groups in total. The Morgan fingerprint density at radius 3 is 2.07 bits per heavy atom. The number of rotatable bonds is 7. The van der Waals surface area contributed by atoms with Crippen LogP contribution in [-0.4, -0.2) is 29.8 Å². The highest BCUT2D eigenvalue weighted by atomic mass is 16.1. The Kier molecular flexibility index (Phi) is 6.82. The van der Waals surface area contributed by atoms with E-state index in [0.29, 0.717) is 11.8 Å². The standard InChI is InChI=1S/C13H27NO/c1-7-8-9-12(13(15)10(2)3)14(6)11(4)5/h10-12H,7-9H2,1-6H3. The molecule has 0 aromatic carbocycles. The summed E-state index contributed by atoms with van der Waals surface area (Å²) >= 11 is 0. The molecule has 0 rings (SSSR count). The van der Waals surface area contributed by atoms with Gasteiger partial charge in [0.25, 0.3) is 0 Å². The minimum Gasteiger partial charge on any atom is -0.298 e. The van der Waals surface area contributed by atoms with Crippen molar-refractivity contribution in [3.05, 3.63) is 0 Å². The summed E-state index contributed by atoms with van der Waals surface area (Å²) in [5.41, 5.74) is 0. The first-order chi connectivity index (χ1) is 6.91. The molecule has 0 saturated heterocycles. The highest BCUT2D eigenvalue weighted by Gasteiger charge is 2.25. The minimum atomic E-state index is 0.116. The molecule has 0 aliphatic heterocycles. The molecule has 0 bridgehead atoms. The Balaban J connectivity index is 4.49. The third-order valence-corrected chi connectivity index (χ3v) is 3.03. The van der Waals surface area contributed by atoms with Crippen molar-refractivity contribution in [3.63, 3.8) is 0 Å². The first-order valence-electron chi connectivity index (χ1n) is 6.17. The quantitative estimate of drug-likeness (QED) is 0.647. The van der Waals surface area contributed by atoms with Gasteiger partial charge in [-0.2, -0.15) is 0 Å². The monoisotopic (exact) mass is 213 g/mol. The van der Waals surface area contributed by atoms with E-state index in [1.54, 1.807) is 0 Å². The Morgan fingerprint density at radius 1 is 1.20 bits per heavy atom. The van der Waals surface area contributed by atoms with Crippen LogP contribution in [0, 0.1) is 5.92 Å². The molecule has 2 heteroatoms. The van der Waals surface area contributed by atoms with Crippen molar-refractivity contribution >= 4 is 5.78 Å². The van der Waals surface area contributed by atoms with Gasteiger partial charge in [-0.25, -0.2) is 0 Å². The lowest BCUT2D eigenvalue weighted by atomic mass is 9.95. The number of nitrogens with zero attached hydrogens (tertiary/aromatic N) is 1. The van der Waals surface area contributed by atoms with Crippen LogP contribution in [-0.2, 0) is 4.79 Å². The minimum absolute atomic E-state index is 0.116. The van der Waals surface area contributed by atoms with Gasteiger partial charge in [0, 0.05) is 12.0 Å². The van der Waals surface area contributed by atoms with Crippen LogP contribution in [0.2, 0.25) is 0 Å². The normalized spacial score (nSPS) is 13.9. The summed E-state index contributed by atoms with van der Waals surface area (Å²) in [6, 6.07) is 0.555. The lowest BCUT2D eigenvalue weighted by molar-refractivity contribution is -0.127. The van der Waals surface area contributed by atoms with Gasteiger partial charge in [0.1, 0.15) is 0 Å². The summed E-state index contributed by atoms with van der Waals surface area (Å²) < 4.78 is 0. The molecule has 0 aromatic heterocycles. The molecule has 15 heavy (non-hydrogen) atoms. The highest BCUT2D eigenvalue weighted by molar-refractivity contribution is 5.85. The summed E-state index contributed by atoms with van der Waals surface area (Å²) in [4.78, 5) is 14.3. The fraction of sp³-hybridized carbons (Fsp3) is 0.923. The van der Waals surface area contributed by atoms with E-state index in [9.17, 15) is 4.79 Å². The predicted octanol–water partition coefficient (Wildman–Crippen LogP) is 3.11. The van der Waals surface area contributed by atoms with E-state index >= 15 is 0 Å². The number of carbonyl (C=O) groups is 1. The van der Waals surface area contributed by atoms with Crippen molar-refractivity contribution in [1.82, 2.24) is 4.90 Å². The van der Waals surface area contributed by atoms with Crippen molar-refractivity contribution in [3.8, 4) is 0 Å². The molecule has 0 aliphatic carbocycles. The maximum absolute atomic E-state index is 12.1. The molecule has 90 valence electrons. The Bertz CT molecular complexity index is 187. The van der Waals surface area contributed by atoms with Crippen molar-refractivity contribution < 1.29 is 4.79 Å². The van der Waals surface area contributed by atoms with Gasteiger partial charge in [0.05, 0.1) is 6.04 Å². The van der Waals surface area contributed by atoms with E-state index in [1.807, 2.05) is 13.8 Å². The first-order valence-corrected chi connectivity index (χ1v) is 6.17. The van der Waals surface area contributed by atoms with Crippen molar-refractivity contribution in [2.24, 2.45) is 5.92 Å². The smallest absolute Gasteiger partial charge is 0.152 e. The van der Waals surface area contributed by atoms with Gasteiger partial charge < -0.3 is 0 Å². The van der Waals surface area contributed by atoms with Crippen LogP contribution in [0.3, 0.4) is 0 Å². The Labute approximate surface area is 95.0 Å². The second-order valence-electron chi connectivity index (χ2n) is 4.97. The van der Waals surface area contributed by atoms with Crippen LogP contribution in [0.15, 0.2) is 0 Å². The molecule has 0 aliphatic rings. The molecule has 0 saturated carbocycles. The van der Waals surface area contributed by atoms with E-state index < -0.39 is 0 Å². The molecular weight excluding hydrogens is 186 g/mol. The summed E-state index contributed by atoms with van der Waals surface area (Å²) in [6.07, 6.45) is 3.30. The van der Waals surface area contributed by atoms with E-state index in [4.69, 9.17) is 0 Å². The van der Waals surface area contributed by atoms with Crippen LogP contribution in [0.25, 0.3) is 0 Å². The summed E-state index contributed by atoms with van der Waals surface area (Å²) in [5, 5.41) is 0. The van der Waals surface area contributed by atoms with Crippen LogP contribution >= 0.6 is 0 Å². The van der Waals surface area contributed by atoms with Crippen molar-refractivity contribution in [1.29, 1.82) is 0 Å². The third kappa shape index (κ3) is 4.78. The number of hydrogen-bond acceptors (Lipinski definition) is 2. The maximum atomic E-state index is 12.1. The van der Waals surface area contributed by atoms with Gasteiger partial charge in [-0.15, -0.1) is 0 Å². The third-order valence-electron chi connectivity index (χ3n) is 3.03. The van der Waals surface area contributed by atoms with Crippen molar-refractivity contribution in [2.45, 2.75) is 66.0 Å². The first kappa shape index (κ1) is 14.6. The fourth-order valence-corrected chi connectivity index (χ4v) is 1.69. The lowest BCUT2D eigenvalue weighted by Crippen LogP contribution is -2.44. The van der Waals surface area contributed by atoms with E-state index in [1.165, 1.54) is 0 Å². The number of ketones is 1. The van der Waals surface area contributed by atoms with E-state index in [2.05, 4.69) is 32.7 Å². The molecule has 0 spiro atoms. The average Bonchev–Trinajstić information content (AvgIpc) is 2.17. The fourth-order valence-electron chi connectivity index (χ4n) is 1.69. The molecule has 1 unspecified atom stereocenters. The number of unbranched alkanes of at least 4 members (excludes halogenated alkanes) is 1. The van der Waals surface area contributed by atoms with Crippen LogP contribution in [0.1, 0.15) is 53.9 Å². The largest absolute Gasteiger partial charge is 0.298 e. The molecular formula is C13H27NO. The van der Waals surface area contributed by atoms with Crippen molar-refractivity contribution in [2.75, 3.05) is 7.05 Å².